The summed E-state index contributed by atoms with van der Waals surface area (Å²) in [7, 11) is 0. The number of nitrogens with two attached hydrogens (primary N) is 1. The van der Waals surface area contributed by atoms with Crippen LogP contribution in [0.15, 0.2) is 30.3 Å². The van der Waals surface area contributed by atoms with E-state index < -0.39 is 6.04 Å². The van der Waals surface area contributed by atoms with Gasteiger partial charge in [0.15, 0.2) is 0 Å². The van der Waals surface area contributed by atoms with E-state index in [1.54, 1.807) is 0 Å². The fourth-order valence-electron chi connectivity index (χ4n) is 2.30. The maximum atomic E-state index is 11.9. The predicted molar refractivity (Wildman–Crippen MR) is 90.0 cm³/mol. The fourth-order valence-corrected chi connectivity index (χ4v) is 3.26. The van der Waals surface area contributed by atoms with Crippen LogP contribution in [0.25, 0.3) is 0 Å². The van der Waals surface area contributed by atoms with Crippen LogP contribution in [0.1, 0.15) is 49.6 Å². The van der Waals surface area contributed by atoms with Crippen LogP contribution in [0.4, 0.5) is 5.13 Å². The van der Waals surface area contributed by atoms with Crippen LogP contribution in [0.3, 0.4) is 0 Å². The highest BCUT2D eigenvalue weighted by Gasteiger charge is 2.19. The lowest BCUT2D eigenvalue weighted by atomic mass is 9.97. The van der Waals surface area contributed by atoms with E-state index in [1.807, 2.05) is 25.1 Å². The quantitative estimate of drug-likeness (QED) is 0.821. The number of carbonyl (C=O) groups excluding carboxylic acids is 1. The molecule has 0 aliphatic carbocycles. The Morgan fingerprint density at radius 3 is 2.64 bits per heavy atom. The molecule has 0 aliphatic rings. The highest BCUT2D eigenvalue weighted by atomic mass is 32.1. The normalized spacial score (nSPS) is 13.6. The van der Waals surface area contributed by atoms with Gasteiger partial charge in [0.1, 0.15) is 5.01 Å². The summed E-state index contributed by atoms with van der Waals surface area (Å²) in [5.74, 6) is 0.00553. The molecule has 0 saturated heterocycles. The minimum absolute atomic E-state index is 0.197. The number of hydrogen-bond acceptors (Lipinski definition) is 5. The van der Waals surface area contributed by atoms with Crippen molar-refractivity contribution in [2.75, 3.05) is 5.32 Å². The zero-order valence-corrected chi connectivity index (χ0v) is 13.8. The first kappa shape index (κ1) is 16.6. The number of rotatable bonds is 7. The molecule has 1 aromatic heterocycles. The number of nitrogens with zero attached hydrogens (tertiary/aromatic N) is 2. The van der Waals surface area contributed by atoms with E-state index in [2.05, 4.69) is 34.6 Å². The molecular formula is C16H22N4OS. The Labute approximate surface area is 135 Å². The zero-order chi connectivity index (χ0) is 15.9. The molecule has 0 saturated carbocycles. The summed E-state index contributed by atoms with van der Waals surface area (Å²) in [5, 5.41) is 12.5. The molecule has 0 spiro atoms. The highest BCUT2D eigenvalue weighted by molar-refractivity contribution is 7.15. The first-order chi connectivity index (χ1) is 10.7. The van der Waals surface area contributed by atoms with Gasteiger partial charge in [0.25, 0.3) is 0 Å². The predicted octanol–water partition coefficient (Wildman–Crippen LogP) is 3.15. The summed E-state index contributed by atoms with van der Waals surface area (Å²) in [6, 6.07) is 9.72. The molecule has 6 heteroatoms. The number of aromatic nitrogens is 2. The smallest absolute Gasteiger partial charge is 0.243 e. The maximum absolute atomic E-state index is 11.9. The van der Waals surface area contributed by atoms with Gasteiger partial charge in [-0.05, 0) is 18.4 Å². The van der Waals surface area contributed by atoms with Crippen LogP contribution >= 0.6 is 11.3 Å². The second-order valence-corrected chi connectivity index (χ2v) is 6.21. The second kappa shape index (κ2) is 8.00. The van der Waals surface area contributed by atoms with E-state index >= 15 is 0 Å². The van der Waals surface area contributed by atoms with Crippen molar-refractivity contribution in [1.82, 2.24) is 10.2 Å². The zero-order valence-electron chi connectivity index (χ0n) is 13.0. The summed E-state index contributed by atoms with van der Waals surface area (Å²) < 4.78 is 0. The third-order valence-electron chi connectivity index (χ3n) is 3.52. The van der Waals surface area contributed by atoms with Gasteiger partial charge in [-0.15, -0.1) is 10.2 Å². The minimum Gasteiger partial charge on any atom is -0.320 e. The van der Waals surface area contributed by atoms with Crippen LogP contribution in [0.5, 0.6) is 0 Å². The third-order valence-corrected chi connectivity index (χ3v) is 4.47. The Morgan fingerprint density at radius 2 is 2.00 bits per heavy atom. The average Bonchev–Trinajstić information content (AvgIpc) is 2.97. The number of amides is 1. The van der Waals surface area contributed by atoms with Gasteiger partial charge in [0.05, 0.1) is 6.04 Å². The Kier molecular flexibility index (Phi) is 6.03. The molecule has 118 valence electrons. The molecule has 2 unspecified atom stereocenters. The average molecular weight is 318 g/mol. The summed E-state index contributed by atoms with van der Waals surface area (Å²) in [5.41, 5.74) is 7.01. The Balaban J connectivity index is 2.08. The van der Waals surface area contributed by atoms with Crippen LogP contribution in [-0.2, 0) is 4.79 Å². The van der Waals surface area contributed by atoms with Crippen molar-refractivity contribution in [3.8, 4) is 0 Å². The molecule has 0 radical (unpaired) electrons. The number of carbonyl (C=O) groups is 1. The van der Waals surface area contributed by atoms with Crippen LogP contribution in [0.2, 0.25) is 0 Å². The van der Waals surface area contributed by atoms with Crippen molar-refractivity contribution in [3.63, 3.8) is 0 Å². The monoisotopic (exact) mass is 318 g/mol. The van der Waals surface area contributed by atoms with Gasteiger partial charge in [0, 0.05) is 5.92 Å². The van der Waals surface area contributed by atoms with Gasteiger partial charge in [-0.25, -0.2) is 0 Å². The first-order valence-corrected chi connectivity index (χ1v) is 8.42. The van der Waals surface area contributed by atoms with E-state index in [1.165, 1.54) is 16.9 Å². The second-order valence-electron chi connectivity index (χ2n) is 5.20. The molecule has 0 fully saturated rings. The molecule has 1 aromatic carbocycles. The van der Waals surface area contributed by atoms with Crippen LogP contribution in [0, 0.1) is 0 Å². The van der Waals surface area contributed by atoms with Gasteiger partial charge >= 0.3 is 0 Å². The van der Waals surface area contributed by atoms with E-state index in [0.29, 0.717) is 11.6 Å². The summed E-state index contributed by atoms with van der Waals surface area (Å²) >= 11 is 1.41. The van der Waals surface area contributed by atoms with Crippen molar-refractivity contribution in [3.05, 3.63) is 40.9 Å². The first-order valence-electron chi connectivity index (χ1n) is 7.60. The van der Waals surface area contributed by atoms with Gasteiger partial charge in [0.2, 0.25) is 11.0 Å². The summed E-state index contributed by atoms with van der Waals surface area (Å²) in [6.45, 7) is 4.12. The molecule has 1 amide bonds. The Hall–Kier alpha value is -1.79. The number of anilines is 1. The molecule has 0 bridgehead atoms. The van der Waals surface area contributed by atoms with E-state index in [4.69, 9.17) is 5.73 Å². The molecule has 2 rings (SSSR count). The minimum atomic E-state index is -0.492. The van der Waals surface area contributed by atoms with Crippen molar-refractivity contribution in [2.45, 2.75) is 45.1 Å². The third kappa shape index (κ3) is 4.11. The molecule has 0 aliphatic heterocycles. The molecule has 22 heavy (non-hydrogen) atoms. The van der Waals surface area contributed by atoms with Gasteiger partial charge in [-0.3, -0.25) is 10.1 Å². The van der Waals surface area contributed by atoms with Gasteiger partial charge < -0.3 is 5.73 Å². The van der Waals surface area contributed by atoms with Gasteiger partial charge in [-0.2, -0.15) is 0 Å². The largest absolute Gasteiger partial charge is 0.320 e. The Bertz CT molecular complexity index is 599. The topological polar surface area (TPSA) is 80.9 Å². The van der Waals surface area contributed by atoms with Crippen LogP contribution < -0.4 is 11.1 Å². The van der Waals surface area contributed by atoms with Gasteiger partial charge in [-0.1, -0.05) is 61.9 Å². The van der Waals surface area contributed by atoms with Crippen molar-refractivity contribution >= 4 is 22.4 Å². The summed E-state index contributed by atoms with van der Waals surface area (Å²) in [6.07, 6.45) is 2.48. The standard InChI is InChI=1S/C16H22N4OS/c1-3-8-13(17)14(21)18-16-20-19-15(22-16)12(4-2)11-9-6-5-7-10-11/h5-7,9-10,12-13H,3-4,8,17H2,1-2H3,(H,18,20,21). The number of nitrogens with one attached hydrogen (secondary N) is 1. The van der Waals surface area contributed by atoms with E-state index in [-0.39, 0.29) is 11.8 Å². The molecule has 2 atom stereocenters. The van der Waals surface area contributed by atoms with E-state index in [0.717, 1.165) is 17.8 Å². The lowest BCUT2D eigenvalue weighted by Gasteiger charge is -2.11. The highest BCUT2D eigenvalue weighted by Crippen LogP contribution is 2.31. The maximum Gasteiger partial charge on any atom is 0.243 e. The SMILES string of the molecule is CCCC(N)C(=O)Nc1nnc(C(CC)c2ccccc2)s1. The molecule has 5 nitrogen and oxygen atoms in total. The lowest BCUT2D eigenvalue weighted by molar-refractivity contribution is -0.117. The van der Waals surface area contributed by atoms with E-state index in [9.17, 15) is 4.79 Å². The van der Waals surface area contributed by atoms with Crippen LogP contribution in [-0.4, -0.2) is 22.1 Å². The van der Waals surface area contributed by atoms with Crippen molar-refractivity contribution in [1.29, 1.82) is 0 Å². The fraction of sp³-hybridized carbons (Fsp3) is 0.438. The Morgan fingerprint density at radius 1 is 1.27 bits per heavy atom. The van der Waals surface area contributed by atoms with Crippen molar-refractivity contribution in [2.24, 2.45) is 5.73 Å². The number of hydrogen-bond donors (Lipinski definition) is 2. The molecule has 2 aromatic rings. The molecule has 1 heterocycles. The van der Waals surface area contributed by atoms with Crippen molar-refractivity contribution < 1.29 is 4.79 Å². The lowest BCUT2D eigenvalue weighted by Crippen LogP contribution is -2.35. The molecule has 3 N–H and O–H groups in total. The summed E-state index contributed by atoms with van der Waals surface area (Å²) in [4.78, 5) is 11.9. The number of benzene rings is 1. The molecular weight excluding hydrogens is 296 g/mol.